The Balaban J connectivity index is 2.41. The van der Waals surface area contributed by atoms with E-state index in [2.05, 4.69) is 20.8 Å². The van der Waals surface area contributed by atoms with Gasteiger partial charge in [0.15, 0.2) is 0 Å². The molecule has 0 atom stereocenters. The van der Waals surface area contributed by atoms with E-state index in [-0.39, 0.29) is 23.9 Å². The molecule has 0 unspecified atom stereocenters. The van der Waals surface area contributed by atoms with Crippen molar-refractivity contribution in [3.63, 3.8) is 0 Å². The number of sulfonamides is 1. The lowest BCUT2D eigenvalue weighted by molar-refractivity contribution is 0.384. The van der Waals surface area contributed by atoms with Gasteiger partial charge >= 0.3 is 6.01 Å². The van der Waals surface area contributed by atoms with Crippen molar-refractivity contribution in [2.75, 3.05) is 31.7 Å². The second kappa shape index (κ2) is 6.51. The van der Waals surface area contributed by atoms with E-state index in [4.69, 9.17) is 4.42 Å². The molecule has 0 radical (unpaired) electrons. The van der Waals surface area contributed by atoms with Gasteiger partial charge in [-0.2, -0.15) is 0 Å². The lowest BCUT2D eigenvalue weighted by atomic mass is 10.1. The van der Waals surface area contributed by atoms with E-state index in [0.29, 0.717) is 12.4 Å². The fourth-order valence-corrected chi connectivity index (χ4v) is 1.93. The van der Waals surface area contributed by atoms with E-state index in [1.165, 1.54) is 18.4 Å². The second-order valence-electron chi connectivity index (χ2n) is 5.63. The van der Waals surface area contributed by atoms with Crippen LogP contribution in [0.25, 0.3) is 0 Å². The van der Waals surface area contributed by atoms with Crippen molar-refractivity contribution in [1.29, 1.82) is 0 Å². The van der Waals surface area contributed by atoms with Gasteiger partial charge in [0, 0.05) is 26.2 Å². The summed E-state index contributed by atoms with van der Waals surface area (Å²) >= 11 is 0. The summed E-state index contributed by atoms with van der Waals surface area (Å²) in [5, 5.41) is 13.7. The second-order valence-corrected chi connectivity index (χ2v) is 7.93. The van der Waals surface area contributed by atoms with Crippen LogP contribution in [-0.4, -0.2) is 54.9 Å². The third-order valence-corrected chi connectivity index (χ3v) is 4.26. The summed E-state index contributed by atoms with van der Waals surface area (Å²) in [7, 11) is -0.226. The Hall–Kier alpha value is -1.19. The highest BCUT2D eigenvalue weighted by Gasteiger charge is 2.15. The average molecular weight is 305 g/mol. The van der Waals surface area contributed by atoms with Gasteiger partial charge in [0.1, 0.15) is 0 Å². The van der Waals surface area contributed by atoms with E-state index in [1.807, 2.05) is 20.8 Å². The number of nitrogens with one attached hydrogen (secondary N) is 2. The largest absolute Gasteiger partial charge is 0.407 e. The van der Waals surface area contributed by atoms with Crippen LogP contribution in [0.2, 0.25) is 0 Å². The summed E-state index contributed by atoms with van der Waals surface area (Å²) < 4.78 is 29.6. The molecular formula is C11H23N5O3S. The van der Waals surface area contributed by atoms with Crippen molar-refractivity contribution in [2.24, 2.45) is 0 Å². The van der Waals surface area contributed by atoms with Crippen LogP contribution in [0.5, 0.6) is 0 Å². The summed E-state index contributed by atoms with van der Waals surface area (Å²) in [6.45, 7) is 6.79. The molecule has 2 N–H and O–H groups in total. The van der Waals surface area contributed by atoms with Gasteiger partial charge in [-0.05, 0) is 20.8 Å². The molecule has 0 fully saturated rings. The Morgan fingerprint density at radius 1 is 1.25 bits per heavy atom. The minimum absolute atomic E-state index is 0.0298. The van der Waals surface area contributed by atoms with E-state index in [9.17, 15) is 8.42 Å². The zero-order chi connectivity index (χ0) is 15.4. The normalized spacial score (nSPS) is 12.9. The first-order valence-electron chi connectivity index (χ1n) is 6.32. The van der Waals surface area contributed by atoms with Crippen LogP contribution in [0, 0.1) is 0 Å². The molecule has 1 aromatic rings. The fourth-order valence-electron chi connectivity index (χ4n) is 1.21. The Bertz CT molecular complexity index is 518. The summed E-state index contributed by atoms with van der Waals surface area (Å²) in [6.07, 6.45) is 0. The predicted octanol–water partition coefficient (Wildman–Crippen LogP) is 0.261. The number of hydrogen-bond donors (Lipinski definition) is 2. The first-order chi connectivity index (χ1) is 9.10. The van der Waals surface area contributed by atoms with Crippen molar-refractivity contribution in [3.05, 3.63) is 5.89 Å². The smallest absolute Gasteiger partial charge is 0.315 e. The SMILES string of the molecule is CN(C)S(=O)(=O)CCNc1nnc(CNC(C)(C)C)o1. The summed E-state index contributed by atoms with van der Waals surface area (Å²) in [6, 6.07) is 0.227. The highest BCUT2D eigenvalue weighted by molar-refractivity contribution is 7.89. The van der Waals surface area contributed by atoms with Gasteiger partial charge in [-0.15, -0.1) is 5.10 Å². The van der Waals surface area contributed by atoms with Crippen LogP contribution < -0.4 is 10.6 Å². The standard InChI is InChI=1S/C11H23N5O3S/c1-11(2,3)13-8-9-14-15-10(19-9)12-6-7-20(17,18)16(4)5/h13H,6-8H2,1-5H3,(H,12,15). The molecule has 1 aromatic heterocycles. The molecule has 0 aliphatic heterocycles. The molecule has 0 bridgehead atoms. The van der Waals surface area contributed by atoms with Crippen molar-refractivity contribution >= 4 is 16.0 Å². The number of anilines is 1. The van der Waals surface area contributed by atoms with Gasteiger partial charge in [0.05, 0.1) is 12.3 Å². The van der Waals surface area contributed by atoms with Gasteiger partial charge in [-0.3, -0.25) is 0 Å². The van der Waals surface area contributed by atoms with E-state index in [0.717, 1.165) is 0 Å². The van der Waals surface area contributed by atoms with Crippen LogP contribution >= 0.6 is 0 Å². The Morgan fingerprint density at radius 2 is 1.90 bits per heavy atom. The molecule has 0 aliphatic carbocycles. The molecule has 0 spiro atoms. The molecule has 0 saturated carbocycles. The fraction of sp³-hybridized carbons (Fsp3) is 0.818. The van der Waals surface area contributed by atoms with E-state index in [1.54, 1.807) is 0 Å². The van der Waals surface area contributed by atoms with Crippen molar-refractivity contribution in [2.45, 2.75) is 32.9 Å². The summed E-state index contributed by atoms with van der Waals surface area (Å²) in [5.41, 5.74) is -0.0398. The van der Waals surface area contributed by atoms with Crippen molar-refractivity contribution in [3.8, 4) is 0 Å². The van der Waals surface area contributed by atoms with Crippen molar-refractivity contribution < 1.29 is 12.8 Å². The van der Waals surface area contributed by atoms with Crippen molar-refractivity contribution in [1.82, 2.24) is 19.8 Å². The van der Waals surface area contributed by atoms with Gasteiger partial charge in [0.2, 0.25) is 15.9 Å². The lowest BCUT2D eigenvalue weighted by Gasteiger charge is -2.18. The predicted molar refractivity (Wildman–Crippen MR) is 76.9 cm³/mol. The van der Waals surface area contributed by atoms with Gasteiger partial charge in [-0.1, -0.05) is 5.10 Å². The molecule has 20 heavy (non-hydrogen) atoms. The van der Waals surface area contributed by atoms with Crippen LogP contribution in [0.1, 0.15) is 26.7 Å². The first-order valence-corrected chi connectivity index (χ1v) is 7.92. The van der Waals surface area contributed by atoms with E-state index >= 15 is 0 Å². The van der Waals surface area contributed by atoms with Gasteiger partial charge < -0.3 is 15.1 Å². The molecule has 0 aliphatic rings. The quantitative estimate of drug-likeness (QED) is 0.745. The maximum Gasteiger partial charge on any atom is 0.315 e. The maximum absolute atomic E-state index is 11.5. The van der Waals surface area contributed by atoms with Crippen LogP contribution in [-0.2, 0) is 16.6 Å². The van der Waals surface area contributed by atoms with Gasteiger partial charge in [0.25, 0.3) is 0 Å². The number of hydrogen-bond acceptors (Lipinski definition) is 7. The minimum Gasteiger partial charge on any atom is -0.407 e. The highest BCUT2D eigenvalue weighted by atomic mass is 32.2. The first kappa shape index (κ1) is 16.9. The molecule has 0 aromatic carbocycles. The highest BCUT2D eigenvalue weighted by Crippen LogP contribution is 2.07. The molecule has 1 rings (SSSR count). The molecule has 0 amide bonds. The third kappa shape index (κ3) is 5.85. The van der Waals surface area contributed by atoms with Crippen LogP contribution in [0.4, 0.5) is 6.01 Å². The molecule has 8 nitrogen and oxygen atoms in total. The average Bonchev–Trinajstić information content (AvgIpc) is 2.73. The summed E-state index contributed by atoms with van der Waals surface area (Å²) in [5.74, 6) is 0.427. The lowest BCUT2D eigenvalue weighted by Crippen LogP contribution is -2.35. The Labute approximate surface area is 120 Å². The number of nitrogens with zero attached hydrogens (tertiary/aromatic N) is 3. The molecule has 116 valence electrons. The van der Waals surface area contributed by atoms with Crippen LogP contribution in [0.15, 0.2) is 4.42 Å². The molecule has 9 heteroatoms. The Morgan fingerprint density at radius 3 is 2.45 bits per heavy atom. The minimum atomic E-state index is -3.22. The Kier molecular flexibility index (Phi) is 5.49. The topological polar surface area (TPSA) is 100 Å². The number of rotatable bonds is 7. The third-order valence-electron chi connectivity index (χ3n) is 2.43. The van der Waals surface area contributed by atoms with Gasteiger partial charge in [-0.25, -0.2) is 12.7 Å². The van der Waals surface area contributed by atoms with Crippen LogP contribution in [0.3, 0.4) is 0 Å². The zero-order valence-corrected chi connectivity index (χ0v) is 13.4. The molecule has 0 saturated heterocycles. The monoisotopic (exact) mass is 305 g/mol. The summed E-state index contributed by atoms with van der Waals surface area (Å²) in [4.78, 5) is 0. The zero-order valence-electron chi connectivity index (χ0n) is 12.6. The van der Waals surface area contributed by atoms with E-state index < -0.39 is 10.0 Å². The molecular weight excluding hydrogens is 282 g/mol. The molecule has 1 heterocycles. The maximum atomic E-state index is 11.5. The number of aromatic nitrogens is 2.